The fourth-order valence-corrected chi connectivity index (χ4v) is 3.90. The van der Waals surface area contributed by atoms with E-state index in [0.29, 0.717) is 5.03 Å². The van der Waals surface area contributed by atoms with Gasteiger partial charge in [-0.3, -0.25) is 4.79 Å². The molecule has 1 unspecified atom stereocenters. The van der Waals surface area contributed by atoms with Gasteiger partial charge in [0.25, 0.3) is 5.03 Å². The summed E-state index contributed by atoms with van der Waals surface area (Å²) < 4.78 is 8.67. The zero-order chi connectivity index (χ0) is 17.1. The molecule has 1 aliphatic rings. The summed E-state index contributed by atoms with van der Waals surface area (Å²) in [6.45, 7) is 5.64. The Labute approximate surface area is 146 Å². The number of aryl methyl sites for hydroxylation is 1. The third-order valence-electron chi connectivity index (χ3n) is 4.42. The second-order valence-electron chi connectivity index (χ2n) is 6.11. The van der Waals surface area contributed by atoms with E-state index in [0.717, 1.165) is 47.7 Å². The molecule has 128 valence electrons. The number of Topliss-reactive ketones (excluding diaryl/α,β-unsaturated/α-hetero) is 1. The Balaban J connectivity index is 1.69. The van der Waals surface area contributed by atoms with E-state index in [1.807, 2.05) is 19.9 Å². The van der Waals surface area contributed by atoms with Gasteiger partial charge in [-0.2, -0.15) is 4.73 Å². The third-order valence-corrected chi connectivity index (χ3v) is 5.44. The fraction of sp³-hybridized carbons (Fsp3) is 0.444. The van der Waals surface area contributed by atoms with Crippen LogP contribution in [-0.2, 0) is 11.3 Å². The van der Waals surface area contributed by atoms with Crippen molar-refractivity contribution in [2.45, 2.75) is 44.4 Å². The highest BCUT2D eigenvalue weighted by molar-refractivity contribution is 7.99. The summed E-state index contributed by atoms with van der Waals surface area (Å²) in [6, 6.07) is 7.15. The maximum Gasteiger partial charge on any atom is 0.251 e. The van der Waals surface area contributed by atoms with Gasteiger partial charge in [0.1, 0.15) is 0 Å². The summed E-state index contributed by atoms with van der Waals surface area (Å²) >= 11 is 1.27. The number of aromatic nitrogens is 2. The van der Waals surface area contributed by atoms with Crippen molar-refractivity contribution in [1.82, 2.24) is 4.57 Å². The maximum atomic E-state index is 12.6. The van der Waals surface area contributed by atoms with Crippen LogP contribution in [0.3, 0.4) is 0 Å². The molecule has 5 nitrogen and oxygen atoms in total. The lowest BCUT2D eigenvalue weighted by molar-refractivity contribution is -0.645. The van der Waals surface area contributed by atoms with Crippen LogP contribution in [-0.4, -0.2) is 28.8 Å². The van der Waals surface area contributed by atoms with E-state index in [2.05, 4.69) is 4.57 Å². The first-order chi connectivity index (χ1) is 11.6. The SMILES string of the molecule is Cc1cc(C(=O)CSc2cccc[n+]2[O-])c(C)n1CC1CCCO1. The van der Waals surface area contributed by atoms with E-state index in [1.54, 1.807) is 18.2 Å². The minimum atomic E-state index is 0.0514. The summed E-state index contributed by atoms with van der Waals surface area (Å²) in [5.41, 5.74) is 2.80. The van der Waals surface area contributed by atoms with Crippen molar-refractivity contribution >= 4 is 17.5 Å². The Morgan fingerprint density at radius 2 is 2.29 bits per heavy atom. The molecular formula is C18H22N2O3S. The number of carbonyl (C=O) groups excluding carboxylic acids is 1. The van der Waals surface area contributed by atoms with Crippen LogP contribution in [0.2, 0.25) is 0 Å². The minimum Gasteiger partial charge on any atom is -0.618 e. The predicted molar refractivity (Wildman–Crippen MR) is 93.3 cm³/mol. The normalized spacial score (nSPS) is 17.3. The molecule has 0 spiro atoms. The summed E-state index contributed by atoms with van der Waals surface area (Å²) in [6.07, 6.45) is 3.88. The Kier molecular flexibility index (Phi) is 5.26. The second kappa shape index (κ2) is 7.40. The Morgan fingerprint density at radius 3 is 3.00 bits per heavy atom. The smallest absolute Gasteiger partial charge is 0.251 e. The summed E-state index contributed by atoms with van der Waals surface area (Å²) in [4.78, 5) is 12.6. The van der Waals surface area contributed by atoms with Crippen LogP contribution in [0.1, 0.15) is 34.6 Å². The van der Waals surface area contributed by atoms with Crippen molar-refractivity contribution < 1.29 is 14.3 Å². The molecule has 0 N–H and O–H groups in total. The number of nitrogens with zero attached hydrogens (tertiary/aromatic N) is 2. The Hall–Kier alpha value is -1.79. The molecule has 1 atom stereocenters. The molecule has 2 aromatic heterocycles. The van der Waals surface area contributed by atoms with Gasteiger partial charge in [-0.1, -0.05) is 0 Å². The molecule has 3 rings (SSSR count). The number of carbonyl (C=O) groups is 1. The highest BCUT2D eigenvalue weighted by Gasteiger charge is 2.21. The number of rotatable bonds is 6. The van der Waals surface area contributed by atoms with Crippen LogP contribution in [0, 0.1) is 19.1 Å². The molecule has 0 saturated carbocycles. The molecular weight excluding hydrogens is 324 g/mol. The lowest BCUT2D eigenvalue weighted by Crippen LogP contribution is -2.28. The lowest BCUT2D eigenvalue weighted by Gasteiger charge is -2.14. The molecule has 2 aromatic rings. The van der Waals surface area contributed by atoms with Gasteiger partial charge in [-0.15, -0.1) is 0 Å². The van der Waals surface area contributed by atoms with Crippen LogP contribution in [0.25, 0.3) is 0 Å². The monoisotopic (exact) mass is 346 g/mol. The first-order valence-electron chi connectivity index (χ1n) is 8.19. The molecule has 0 amide bonds. The first-order valence-corrected chi connectivity index (χ1v) is 9.17. The standard InChI is InChI=1S/C18H22N2O3S/c1-13-10-16(14(2)19(13)11-15-6-5-9-23-15)17(21)12-24-18-7-3-4-8-20(18)22/h3-4,7-8,10,15H,5-6,9,11-12H2,1-2H3. The maximum absolute atomic E-state index is 12.6. The quantitative estimate of drug-likeness (QED) is 0.349. The molecule has 0 aliphatic carbocycles. The number of ketones is 1. The second-order valence-corrected chi connectivity index (χ2v) is 7.10. The topological polar surface area (TPSA) is 58.2 Å². The van der Waals surface area contributed by atoms with E-state index < -0.39 is 0 Å². The highest BCUT2D eigenvalue weighted by Crippen LogP contribution is 2.22. The Bertz CT molecular complexity index is 736. The number of pyridine rings is 1. The van der Waals surface area contributed by atoms with Gasteiger partial charge in [0, 0.05) is 42.2 Å². The van der Waals surface area contributed by atoms with Crippen molar-refractivity contribution in [2.24, 2.45) is 0 Å². The number of hydrogen-bond acceptors (Lipinski definition) is 4. The van der Waals surface area contributed by atoms with E-state index in [4.69, 9.17) is 4.74 Å². The van der Waals surface area contributed by atoms with Gasteiger partial charge in [0.2, 0.25) is 0 Å². The molecule has 3 heterocycles. The molecule has 6 heteroatoms. The van der Waals surface area contributed by atoms with E-state index in [-0.39, 0.29) is 17.6 Å². The average Bonchev–Trinajstić information content (AvgIpc) is 3.17. The van der Waals surface area contributed by atoms with Crippen molar-refractivity contribution in [2.75, 3.05) is 12.4 Å². The summed E-state index contributed by atoms with van der Waals surface area (Å²) in [5.74, 6) is 0.312. The lowest BCUT2D eigenvalue weighted by atomic mass is 10.2. The number of hydrogen-bond donors (Lipinski definition) is 0. The van der Waals surface area contributed by atoms with Gasteiger partial charge < -0.3 is 14.5 Å². The van der Waals surface area contributed by atoms with Gasteiger partial charge in [-0.25, -0.2) is 0 Å². The van der Waals surface area contributed by atoms with E-state index in [1.165, 1.54) is 18.0 Å². The predicted octanol–water partition coefficient (Wildman–Crippen LogP) is 2.89. The van der Waals surface area contributed by atoms with Gasteiger partial charge >= 0.3 is 0 Å². The molecule has 1 aliphatic heterocycles. The first kappa shape index (κ1) is 17.0. The Morgan fingerprint density at radius 1 is 1.46 bits per heavy atom. The van der Waals surface area contributed by atoms with Crippen LogP contribution >= 0.6 is 11.8 Å². The zero-order valence-electron chi connectivity index (χ0n) is 14.0. The average molecular weight is 346 g/mol. The number of thioether (sulfide) groups is 1. The van der Waals surface area contributed by atoms with E-state index >= 15 is 0 Å². The summed E-state index contributed by atoms with van der Waals surface area (Å²) in [7, 11) is 0. The van der Waals surface area contributed by atoms with Crippen molar-refractivity contribution in [3.63, 3.8) is 0 Å². The third kappa shape index (κ3) is 3.65. The molecule has 1 saturated heterocycles. The van der Waals surface area contributed by atoms with Crippen LogP contribution in [0.4, 0.5) is 0 Å². The minimum absolute atomic E-state index is 0.0514. The molecule has 1 fully saturated rings. The van der Waals surface area contributed by atoms with Gasteiger partial charge in [-0.05, 0) is 50.6 Å². The van der Waals surface area contributed by atoms with E-state index in [9.17, 15) is 10.0 Å². The largest absolute Gasteiger partial charge is 0.618 e. The van der Waals surface area contributed by atoms with Crippen molar-refractivity contribution in [3.8, 4) is 0 Å². The number of ether oxygens (including phenoxy) is 1. The van der Waals surface area contributed by atoms with Gasteiger partial charge in [0.05, 0.1) is 11.9 Å². The highest BCUT2D eigenvalue weighted by atomic mass is 32.2. The van der Waals surface area contributed by atoms with Crippen LogP contribution in [0.15, 0.2) is 35.5 Å². The summed E-state index contributed by atoms with van der Waals surface area (Å²) in [5, 5.41) is 12.2. The molecule has 0 bridgehead atoms. The van der Waals surface area contributed by atoms with Crippen molar-refractivity contribution in [3.05, 3.63) is 52.6 Å². The fourth-order valence-electron chi connectivity index (χ4n) is 3.10. The van der Waals surface area contributed by atoms with Crippen molar-refractivity contribution in [1.29, 1.82) is 0 Å². The molecule has 24 heavy (non-hydrogen) atoms. The van der Waals surface area contributed by atoms with Gasteiger partial charge in [0.15, 0.2) is 12.0 Å². The van der Waals surface area contributed by atoms with Crippen LogP contribution in [0.5, 0.6) is 0 Å². The zero-order valence-corrected chi connectivity index (χ0v) is 14.8. The van der Waals surface area contributed by atoms with Crippen LogP contribution < -0.4 is 4.73 Å². The molecule has 0 aromatic carbocycles. The molecule has 0 radical (unpaired) electrons.